The van der Waals surface area contributed by atoms with Gasteiger partial charge in [-0.3, -0.25) is 4.79 Å². The van der Waals surface area contributed by atoms with E-state index in [1.165, 1.54) is 7.11 Å². The van der Waals surface area contributed by atoms with E-state index in [0.717, 1.165) is 4.47 Å². The highest BCUT2D eigenvalue weighted by atomic mass is 79.9. The Morgan fingerprint density at radius 1 is 1.67 bits per heavy atom. The lowest BCUT2D eigenvalue weighted by Gasteiger charge is -2.23. The van der Waals surface area contributed by atoms with E-state index in [1.54, 1.807) is 12.3 Å². The SMILES string of the molecule is CO[C@]12CC(CNC(=O)c3cc(Br)c[nH]3)O[C@H]1NC(=O)N2. The van der Waals surface area contributed by atoms with Crippen molar-refractivity contribution >= 4 is 27.9 Å². The smallest absolute Gasteiger partial charge is 0.319 e. The molecule has 3 atom stereocenters. The van der Waals surface area contributed by atoms with Gasteiger partial charge in [-0.2, -0.15) is 0 Å². The van der Waals surface area contributed by atoms with Crippen LogP contribution in [0.4, 0.5) is 4.79 Å². The van der Waals surface area contributed by atoms with Crippen molar-refractivity contribution in [2.24, 2.45) is 0 Å². The summed E-state index contributed by atoms with van der Waals surface area (Å²) in [5.41, 5.74) is -0.393. The topological polar surface area (TPSA) is 104 Å². The van der Waals surface area contributed by atoms with E-state index in [2.05, 4.69) is 36.9 Å². The quantitative estimate of drug-likeness (QED) is 0.620. The molecule has 0 radical (unpaired) electrons. The molecule has 3 rings (SSSR count). The molecule has 0 aliphatic carbocycles. The maximum atomic E-state index is 11.9. The number of H-pyrrole nitrogens is 1. The number of aromatic nitrogens is 1. The lowest BCUT2D eigenvalue weighted by Crippen LogP contribution is -2.48. The van der Waals surface area contributed by atoms with Crippen LogP contribution in [0.2, 0.25) is 0 Å². The van der Waals surface area contributed by atoms with Crippen LogP contribution in [0.15, 0.2) is 16.7 Å². The summed E-state index contributed by atoms with van der Waals surface area (Å²) in [5.74, 6) is -0.218. The number of hydrogen-bond donors (Lipinski definition) is 4. The third-order valence-electron chi connectivity index (χ3n) is 3.62. The van der Waals surface area contributed by atoms with Crippen LogP contribution in [0, 0.1) is 0 Å². The van der Waals surface area contributed by atoms with E-state index < -0.39 is 12.0 Å². The summed E-state index contributed by atoms with van der Waals surface area (Å²) in [5, 5.41) is 8.13. The van der Waals surface area contributed by atoms with Crippen LogP contribution in [0.3, 0.4) is 0 Å². The van der Waals surface area contributed by atoms with Gasteiger partial charge in [-0.15, -0.1) is 0 Å². The zero-order valence-corrected chi connectivity index (χ0v) is 12.8. The number of nitrogens with one attached hydrogen (secondary N) is 4. The second-order valence-electron chi connectivity index (χ2n) is 4.98. The fraction of sp³-hybridized carbons (Fsp3) is 0.500. The molecule has 114 valence electrons. The number of amides is 3. The van der Waals surface area contributed by atoms with Crippen molar-refractivity contribution in [3.63, 3.8) is 0 Å². The van der Waals surface area contributed by atoms with Crippen molar-refractivity contribution in [2.75, 3.05) is 13.7 Å². The number of fused-ring (bicyclic) bond motifs is 1. The number of methoxy groups -OCH3 is 1. The molecule has 3 amide bonds. The molecule has 8 nitrogen and oxygen atoms in total. The first-order valence-corrected chi connectivity index (χ1v) is 7.23. The van der Waals surface area contributed by atoms with Crippen molar-refractivity contribution < 1.29 is 19.1 Å². The maximum absolute atomic E-state index is 11.9. The molecule has 1 unspecified atom stereocenters. The van der Waals surface area contributed by atoms with Crippen molar-refractivity contribution in [1.82, 2.24) is 20.9 Å². The maximum Gasteiger partial charge on any atom is 0.319 e. The minimum absolute atomic E-state index is 0.218. The molecule has 0 spiro atoms. The number of carbonyl (C=O) groups is 2. The highest BCUT2D eigenvalue weighted by Crippen LogP contribution is 2.32. The van der Waals surface area contributed by atoms with Gasteiger partial charge >= 0.3 is 6.03 Å². The van der Waals surface area contributed by atoms with Gasteiger partial charge in [0.1, 0.15) is 5.69 Å². The van der Waals surface area contributed by atoms with E-state index in [1.807, 2.05) is 0 Å². The van der Waals surface area contributed by atoms with Crippen molar-refractivity contribution in [1.29, 1.82) is 0 Å². The van der Waals surface area contributed by atoms with Crippen LogP contribution in [0.5, 0.6) is 0 Å². The minimum atomic E-state index is -0.859. The highest BCUT2D eigenvalue weighted by molar-refractivity contribution is 9.10. The summed E-state index contributed by atoms with van der Waals surface area (Å²) < 4.78 is 11.9. The summed E-state index contributed by atoms with van der Waals surface area (Å²) in [4.78, 5) is 26.1. The van der Waals surface area contributed by atoms with Gasteiger partial charge in [0.2, 0.25) is 0 Å². The summed E-state index contributed by atoms with van der Waals surface area (Å²) in [6.07, 6.45) is 1.36. The normalized spacial score (nSPS) is 30.7. The second kappa shape index (κ2) is 5.32. The first-order valence-electron chi connectivity index (χ1n) is 6.44. The van der Waals surface area contributed by atoms with Crippen molar-refractivity contribution in [2.45, 2.75) is 24.5 Å². The summed E-state index contributed by atoms with van der Waals surface area (Å²) in [6, 6.07) is 1.37. The molecule has 2 saturated heterocycles. The van der Waals surface area contributed by atoms with Gasteiger partial charge in [0, 0.05) is 30.7 Å². The summed E-state index contributed by atoms with van der Waals surface area (Å²) >= 11 is 3.27. The molecule has 0 saturated carbocycles. The third kappa shape index (κ3) is 2.63. The van der Waals surface area contributed by atoms with Gasteiger partial charge < -0.3 is 30.4 Å². The van der Waals surface area contributed by atoms with Crippen molar-refractivity contribution in [3.8, 4) is 0 Å². The number of aromatic amines is 1. The molecule has 0 bridgehead atoms. The summed E-state index contributed by atoms with van der Waals surface area (Å²) in [6.45, 7) is 0.328. The fourth-order valence-corrected chi connectivity index (χ4v) is 2.92. The van der Waals surface area contributed by atoms with Crippen LogP contribution >= 0.6 is 15.9 Å². The van der Waals surface area contributed by atoms with Gasteiger partial charge in [-0.25, -0.2) is 4.79 Å². The number of urea groups is 1. The van der Waals surface area contributed by atoms with Gasteiger partial charge in [0.15, 0.2) is 12.0 Å². The summed E-state index contributed by atoms with van der Waals surface area (Å²) in [7, 11) is 1.51. The highest BCUT2D eigenvalue weighted by Gasteiger charge is 2.55. The molecule has 0 aromatic carbocycles. The molecule has 2 aliphatic rings. The minimum Gasteiger partial charge on any atom is -0.356 e. The molecule has 2 aliphatic heterocycles. The van der Waals surface area contributed by atoms with E-state index in [0.29, 0.717) is 18.7 Å². The molecular formula is C12H15BrN4O4. The zero-order valence-electron chi connectivity index (χ0n) is 11.2. The number of hydrogen-bond acceptors (Lipinski definition) is 4. The standard InChI is InChI=1S/C12H15BrN4O4/c1-20-12-3-7(21-10(12)16-11(19)17-12)5-15-9(18)8-2-6(13)4-14-8/h2,4,7,10,14H,3,5H2,1H3,(H,15,18)(H2,16,17,19)/t7?,10-,12-/m1/s1. The van der Waals surface area contributed by atoms with Gasteiger partial charge in [0.05, 0.1) is 6.10 Å². The molecule has 1 aromatic rings. The first kappa shape index (κ1) is 14.4. The Morgan fingerprint density at radius 2 is 2.48 bits per heavy atom. The Labute approximate surface area is 129 Å². The lowest BCUT2D eigenvalue weighted by molar-refractivity contribution is -0.0723. The Kier molecular flexibility index (Phi) is 3.64. The van der Waals surface area contributed by atoms with Crippen LogP contribution in [-0.4, -0.2) is 48.6 Å². The zero-order chi connectivity index (χ0) is 15.0. The van der Waals surface area contributed by atoms with Crippen molar-refractivity contribution in [3.05, 3.63) is 22.4 Å². The van der Waals surface area contributed by atoms with Crippen LogP contribution in [0.25, 0.3) is 0 Å². The Hall–Kier alpha value is -1.58. The van der Waals surface area contributed by atoms with Crippen LogP contribution in [0.1, 0.15) is 16.9 Å². The number of ether oxygens (including phenoxy) is 2. The fourth-order valence-electron chi connectivity index (χ4n) is 2.57. The first-order chi connectivity index (χ1) is 10.0. The monoisotopic (exact) mass is 358 g/mol. The molecule has 9 heteroatoms. The average molecular weight is 359 g/mol. The lowest BCUT2D eigenvalue weighted by atomic mass is 10.1. The van der Waals surface area contributed by atoms with Crippen LogP contribution in [-0.2, 0) is 9.47 Å². The predicted octanol–water partition coefficient (Wildman–Crippen LogP) is 0.277. The molecule has 21 heavy (non-hydrogen) atoms. The van der Waals surface area contributed by atoms with Gasteiger partial charge in [-0.1, -0.05) is 0 Å². The molecule has 1 aromatic heterocycles. The Morgan fingerprint density at radius 3 is 3.10 bits per heavy atom. The number of carbonyl (C=O) groups excluding carboxylic acids is 2. The molecule has 4 N–H and O–H groups in total. The van der Waals surface area contributed by atoms with E-state index >= 15 is 0 Å². The third-order valence-corrected chi connectivity index (χ3v) is 4.08. The number of halogens is 1. The number of rotatable bonds is 4. The Balaban J connectivity index is 1.56. The van der Waals surface area contributed by atoms with Crippen LogP contribution < -0.4 is 16.0 Å². The largest absolute Gasteiger partial charge is 0.356 e. The Bertz CT molecular complexity index is 577. The van der Waals surface area contributed by atoms with E-state index in [9.17, 15) is 9.59 Å². The van der Waals surface area contributed by atoms with Gasteiger partial charge in [0.25, 0.3) is 5.91 Å². The molecule has 2 fully saturated rings. The van der Waals surface area contributed by atoms with E-state index in [4.69, 9.17) is 9.47 Å². The average Bonchev–Trinajstić information content (AvgIpc) is 3.08. The van der Waals surface area contributed by atoms with E-state index in [-0.39, 0.29) is 18.0 Å². The predicted molar refractivity (Wildman–Crippen MR) is 75.5 cm³/mol. The molecular weight excluding hydrogens is 344 g/mol. The molecule has 3 heterocycles. The second-order valence-corrected chi connectivity index (χ2v) is 5.89. The van der Waals surface area contributed by atoms with Gasteiger partial charge in [-0.05, 0) is 22.0 Å².